The van der Waals surface area contributed by atoms with Crippen molar-refractivity contribution < 1.29 is 0 Å². The van der Waals surface area contributed by atoms with Crippen LogP contribution in [0.1, 0.15) is 36.2 Å². The third-order valence-electron chi connectivity index (χ3n) is 3.35. The molecule has 84 valence electrons. The van der Waals surface area contributed by atoms with Crippen LogP contribution in [-0.4, -0.2) is 4.98 Å². The first-order valence-electron chi connectivity index (χ1n) is 6.06. The van der Waals surface area contributed by atoms with Crippen molar-refractivity contribution in [2.75, 3.05) is 0 Å². The van der Waals surface area contributed by atoms with Gasteiger partial charge in [0.1, 0.15) is 0 Å². The Bertz CT molecular complexity index is 526. The minimum absolute atomic E-state index is 1.08. The highest BCUT2D eigenvalue weighted by molar-refractivity contribution is 5.86. The molecule has 0 atom stereocenters. The average molecular weight is 213 g/mol. The second-order valence-corrected chi connectivity index (χ2v) is 4.33. The maximum atomic E-state index is 4.72. The van der Waals surface area contributed by atoms with Gasteiger partial charge < -0.3 is 0 Å². The molecule has 0 bridgehead atoms. The van der Waals surface area contributed by atoms with Crippen LogP contribution in [0.3, 0.4) is 0 Å². The Hall–Kier alpha value is -1.37. The summed E-state index contributed by atoms with van der Waals surface area (Å²) in [6, 6.07) is 6.39. The third-order valence-corrected chi connectivity index (χ3v) is 3.35. The molecule has 1 aromatic heterocycles. The highest BCUT2D eigenvalue weighted by Gasteiger charge is 2.10. The van der Waals surface area contributed by atoms with Crippen LogP contribution in [0.25, 0.3) is 10.9 Å². The summed E-state index contributed by atoms with van der Waals surface area (Å²) in [6.45, 7) is 8.75. The SMILES string of the molecule is CCc1c(C)nc2cccc(C)c2c1CC. The standard InChI is InChI=1S/C15H19N/c1-5-12-11(4)16-14-9-7-8-10(3)15(14)13(12)6-2/h7-9H,5-6H2,1-4H3. The van der Waals surface area contributed by atoms with Gasteiger partial charge in [-0.3, -0.25) is 4.98 Å². The lowest BCUT2D eigenvalue weighted by Gasteiger charge is -2.14. The Morgan fingerprint density at radius 1 is 1.00 bits per heavy atom. The number of benzene rings is 1. The highest BCUT2D eigenvalue weighted by atomic mass is 14.7. The summed E-state index contributed by atoms with van der Waals surface area (Å²) in [5.41, 5.74) is 6.60. The van der Waals surface area contributed by atoms with Gasteiger partial charge in [-0.25, -0.2) is 0 Å². The fraction of sp³-hybridized carbons (Fsp3) is 0.400. The molecule has 0 fully saturated rings. The van der Waals surface area contributed by atoms with Crippen molar-refractivity contribution in [1.82, 2.24) is 4.98 Å². The summed E-state index contributed by atoms with van der Waals surface area (Å²) in [7, 11) is 0. The molecule has 2 rings (SSSR count). The molecule has 1 heterocycles. The van der Waals surface area contributed by atoms with E-state index >= 15 is 0 Å². The molecule has 1 aromatic carbocycles. The molecule has 0 amide bonds. The maximum Gasteiger partial charge on any atom is 0.0710 e. The first kappa shape index (κ1) is 11.1. The fourth-order valence-corrected chi connectivity index (χ4v) is 2.61. The van der Waals surface area contributed by atoms with Crippen molar-refractivity contribution >= 4 is 10.9 Å². The van der Waals surface area contributed by atoms with Gasteiger partial charge in [0.15, 0.2) is 0 Å². The van der Waals surface area contributed by atoms with E-state index in [1.54, 1.807) is 0 Å². The number of hydrogen-bond acceptors (Lipinski definition) is 1. The van der Waals surface area contributed by atoms with E-state index in [0.29, 0.717) is 0 Å². The lowest BCUT2D eigenvalue weighted by Crippen LogP contribution is -2.01. The maximum absolute atomic E-state index is 4.72. The number of hydrogen-bond donors (Lipinski definition) is 0. The first-order valence-corrected chi connectivity index (χ1v) is 6.06. The van der Waals surface area contributed by atoms with Crippen LogP contribution in [0.2, 0.25) is 0 Å². The van der Waals surface area contributed by atoms with Gasteiger partial charge in [-0.05, 0) is 49.4 Å². The predicted molar refractivity (Wildman–Crippen MR) is 70.0 cm³/mol. The predicted octanol–water partition coefficient (Wildman–Crippen LogP) is 3.98. The van der Waals surface area contributed by atoms with Crippen LogP contribution >= 0.6 is 0 Å². The van der Waals surface area contributed by atoms with Crippen molar-refractivity contribution in [3.63, 3.8) is 0 Å². The van der Waals surface area contributed by atoms with Crippen LogP contribution in [-0.2, 0) is 12.8 Å². The number of fused-ring (bicyclic) bond motifs is 1. The van der Waals surface area contributed by atoms with Crippen LogP contribution in [0.5, 0.6) is 0 Å². The minimum atomic E-state index is 1.08. The molecule has 0 saturated carbocycles. The molecular weight excluding hydrogens is 194 g/mol. The smallest absolute Gasteiger partial charge is 0.0710 e. The Labute approximate surface area is 97.5 Å². The molecule has 2 aromatic rings. The molecule has 1 nitrogen and oxygen atoms in total. The van der Waals surface area contributed by atoms with E-state index in [1.165, 1.54) is 27.8 Å². The Balaban J connectivity index is 2.92. The van der Waals surface area contributed by atoms with Gasteiger partial charge in [-0.1, -0.05) is 26.0 Å². The molecule has 1 heteroatoms. The van der Waals surface area contributed by atoms with Crippen LogP contribution < -0.4 is 0 Å². The van der Waals surface area contributed by atoms with E-state index in [0.717, 1.165) is 18.4 Å². The summed E-state index contributed by atoms with van der Waals surface area (Å²) in [5.74, 6) is 0. The zero-order valence-electron chi connectivity index (χ0n) is 10.6. The van der Waals surface area contributed by atoms with Gasteiger partial charge in [-0.15, -0.1) is 0 Å². The number of rotatable bonds is 2. The first-order chi connectivity index (χ1) is 7.69. The van der Waals surface area contributed by atoms with E-state index in [2.05, 4.69) is 45.9 Å². The highest BCUT2D eigenvalue weighted by Crippen LogP contribution is 2.26. The van der Waals surface area contributed by atoms with E-state index in [9.17, 15) is 0 Å². The van der Waals surface area contributed by atoms with E-state index < -0.39 is 0 Å². The van der Waals surface area contributed by atoms with Crippen molar-refractivity contribution in [3.05, 3.63) is 40.6 Å². The van der Waals surface area contributed by atoms with Crippen LogP contribution in [0.4, 0.5) is 0 Å². The summed E-state index contributed by atoms with van der Waals surface area (Å²) < 4.78 is 0. The van der Waals surface area contributed by atoms with Crippen LogP contribution in [0.15, 0.2) is 18.2 Å². The Morgan fingerprint density at radius 2 is 1.69 bits per heavy atom. The lowest BCUT2D eigenvalue weighted by molar-refractivity contribution is 1.000. The lowest BCUT2D eigenvalue weighted by atomic mass is 9.94. The van der Waals surface area contributed by atoms with Crippen molar-refractivity contribution in [2.24, 2.45) is 0 Å². The van der Waals surface area contributed by atoms with Gasteiger partial charge >= 0.3 is 0 Å². The van der Waals surface area contributed by atoms with Gasteiger partial charge in [-0.2, -0.15) is 0 Å². The molecule has 0 aliphatic rings. The fourth-order valence-electron chi connectivity index (χ4n) is 2.61. The van der Waals surface area contributed by atoms with Crippen molar-refractivity contribution in [3.8, 4) is 0 Å². The van der Waals surface area contributed by atoms with Crippen LogP contribution in [0, 0.1) is 13.8 Å². The third kappa shape index (κ3) is 1.60. The quantitative estimate of drug-likeness (QED) is 0.735. The largest absolute Gasteiger partial charge is 0.253 e. The summed E-state index contributed by atoms with van der Waals surface area (Å²) in [4.78, 5) is 4.72. The van der Waals surface area contributed by atoms with E-state index in [1.807, 2.05) is 0 Å². The summed E-state index contributed by atoms with van der Waals surface area (Å²) >= 11 is 0. The number of pyridine rings is 1. The number of aryl methyl sites for hydroxylation is 3. The Morgan fingerprint density at radius 3 is 2.31 bits per heavy atom. The molecular formula is C15H19N. The number of nitrogens with zero attached hydrogens (tertiary/aromatic N) is 1. The van der Waals surface area contributed by atoms with Crippen molar-refractivity contribution in [1.29, 1.82) is 0 Å². The minimum Gasteiger partial charge on any atom is -0.253 e. The summed E-state index contributed by atoms with van der Waals surface area (Å²) in [6.07, 6.45) is 2.17. The second-order valence-electron chi connectivity index (χ2n) is 4.33. The van der Waals surface area contributed by atoms with E-state index in [-0.39, 0.29) is 0 Å². The molecule has 16 heavy (non-hydrogen) atoms. The van der Waals surface area contributed by atoms with Gasteiger partial charge in [0.2, 0.25) is 0 Å². The second kappa shape index (κ2) is 4.25. The molecule has 0 aliphatic heterocycles. The van der Waals surface area contributed by atoms with Gasteiger partial charge in [0.25, 0.3) is 0 Å². The number of aromatic nitrogens is 1. The van der Waals surface area contributed by atoms with E-state index in [4.69, 9.17) is 4.98 Å². The van der Waals surface area contributed by atoms with Gasteiger partial charge in [0, 0.05) is 11.1 Å². The average Bonchev–Trinajstić information content (AvgIpc) is 2.27. The zero-order chi connectivity index (χ0) is 11.7. The molecule has 0 saturated heterocycles. The molecule has 0 unspecified atom stereocenters. The Kier molecular flexibility index (Phi) is 2.95. The van der Waals surface area contributed by atoms with Gasteiger partial charge in [0.05, 0.1) is 5.52 Å². The van der Waals surface area contributed by atoms with Crippen molar-refractivity contribution in [2.45, 2.75) is 40.5 Å². The normalized spacial score (nSPS) is 11.0. The molecule has 0 spiro atoms. The zero-order valence-corrected chi connectivity index (χ0v) is 10.6. The topological polar surface area (TPSA) is 12.9 Å². The molecule has 0 N–H and O–H groups in total. The molecule has 0 radical (unpaired) electrons. The summed E-state index contributed by atoms with van der Waals surface area (Å²) in [5, 5.41) is 1.37. The monoisotopic (exact) mass is 213 g/mol. The molecule has 0 aliphatic carbocycles.